The molecule has 5 heteroatoms. The molecule has 0 aliphatic rings. The molecule has 1 aromatic heterocycles. The van der Waals surface area contributed by atoms with Crippen LogP contribution in [0.5, 0.6) is 5.75 Å². The Hall–Kier alpha value is -2.69. The van der Waals surface area contributed by atoms with Crippen molar-refractivity contribution in [3.63, 3.8) is 0 Å². The smallest absolute Gasteiger partial charge is 0.336 e. The number of hydrogen-bond donors (Lipinski definition) is 0. The number of benzene rings is 2. The predicted molar refractivity (Wildman–Crippen MR) is 82.6 cm³/mol. The molecule has 23 heavy (non-hydrogen) atoms. The van der Waals surface area contributed by atoms with E-state index in [0.717, 1.165) is 11.6 Å². The van der Waals surface area contributed by atoms with Crippen LogP contribution in [0, 0.1) is 25.5 Å². The predicted octanol–water partition coefficient (Wildman–Crippen LogP) is 4.27. The summed E-state index contributed by atoms with van der Waals surface area (Å²) >= 11 is 0. The SMILES string of the molecule is Cc1cc(OCc2ccc(F)cc2F)c2c(C)cc(=O)oc2c1. The van der Waals surface area contributed by atoms with Gasteiger partial charge in [0.15, 0.2) is 0 Å². The summed E-state index contributed by atoms with van der Waals surface area (Å²) in [7, 11) is 0. The third-order valence-electron chi connectivity index (χ3n) is 3.55. The topological polar surface area (TPSA) is 39.4 Å². The van der Waals surface area contributed by atoms with Gasteiger partial charge in [-0.25, -0.2) is 13.6 Å². The van der Waals surface area contributed by atoms with Crippen LogP contribution in [0.3, 0.4) is 0 Å². The molecule has 0 unspecified atom stereocenters. The van der Waals surface area contributed by atoms with E-state index in [-0.39, 0.29) is 12.2 Å². The van der Waals surface area contributed by atoms with Gasteiger partial charge in [-0.3, -0.25) is 0 Å². The summed E-state index contributed by atoms with van der Waals surface area (Å²) in [6.45, 7) is 3.57. The molecular formula is C18H14F2O3. The lowest BCUT2D eigenvalue weighted by Crippen LogP contribution is -2.03. The van der Waals surface area contributed by atoms with E-state index in [2.05, 4.69) is 0 Å². The van der Waals surface area contributed by atoms with Crippen LogP contribution < -0.4 is 10.4 Å². The standard InChI is InChI=1S/C18H14F2O3/c1-10-5-15(18-11(2)7-17(21)23-16(18)6-10)22-9-12-3-4-13(19)8-14(12)20/h3-8H,9H2,1-2H3. The highest BCUT2D eigenvalue weighted by Crippen LogP contribution is 2.30. The lowest BCUT2D eigenvalue weighted by Gasteiger charge is -2.12. The largest absolute Gasteiger partial charge is 0.488 e. The fourth-order valence-corrected chi connectivity index (χ4v) is 2.49. The van der Waals surface area contributed by atoms with Gasteiger partial charge in [-0.1, -0.05) is 0 Å². The van der Waals surface area contributed by atoms with Gasteiger partial charge in [0, 0.05) is 17.7 Å². The average molecular weight is 316 g/mol. The van der Waals surface area contributed by atoms with Gasteiger partial charge in [0.05, 0.1) is 5.39 Å². The first-order valence-corrected chi connectivity index (χ1v) is 7.06. The molecule has 0 bridgehead atoms. The van der Waals surface area contributed by atoms with Gasteiger partial charge in [-0.2, -0.15) is 0 Å². The van der Waals surface area contributed by atoms with Crippen molar-refractivity contribution in [2.45, 2.75) is 20.5 Å². The summed E-state index contributed by atoms with van der Waals surface area (Å²) in [5, 5.41) is 0.665. The first-order valence-electron chi connectivity index (χ1n) is 7.06. The molecule has 0 spiro atoms. The fourth-order valence-electron chi connectivity index (χ4n) is 2.49. The van der Waals surface area contributed by atoms with E-state index in [1.165, 1.54) is 18.2 Å². The van der Waals surface area contributed by atoms with Crippen LogP contribution in [0.1, 0.15) is 16.7 Å². The Morgan fingerprint density at radius 1 is 1.09 bits per heavy atom. The number of ether oxygens (including phenoxy) is 1. The van der Waals surface area contributed by atoms with E-state index in [4.69, 9.17) is 9.15 Å². The molecule has 0 N–H and O–H groups in total. The van der Waals surface area contributed by atoms with Crippen molar-refractivity contribution in [1.82, 2.24) is 0 Å². The van der Waals surface area contributed by atoms with Crippen molar-refractivity contribution >= 4 is 11.0 Å². The van der Waals surface area contributed by atoms with Crippen molar-refractivity contribution in [3.8, 4) is 5.75 Å². The number of aryl methyl sites for hydroxylation is 2. The summed E-state index contributed by atoms with van der Waals surface area (Å²) in [5.74, 6) is -0.805. The average Bonchev–Trinajstić information content (AvgIpc) is 2.44. The molecule has 0 aliphatic heterocycles. The number of hydrogen-bond acceptors (Lipinski definition) is 3. The molecule has 1 heterocycles. The van der Waals surface area contributed by atoms with Crippen LogP contribution in [0.25, 0.3) is 11.0 Å². The molecule has 3 rings (SSSR count). The number of halogens is 2. The molecule has 3 aromatic rings. The zero-order chi connectivity index (χ0) is 16.6. The summed E-state index contributed by atoms with van der Waals surface area (Å²) in [4.78, 5) is 11.5. The molecule has 0 fully saturated rings. The van der Waals surface area contributed by atoms with E-state index >= 15 is 0 Å². The molecule has 0 aliphatic carbocycles. The Balaban J connectivity index is 2.01. The quantitative estimate of drug-likeness (QED) is 0.678. The van der Waals surface area contributed by atoms with Gasteiger partial charge in [0.2, 0.25) is 0 Å². The third-order valence-corrected chi connectivity index (χ3v) is 3.55. The van der Waals surface area contributed by atoms with Gasteiger partial charge in [-0.05, 0) is 49.2 Å². The molecule has 118 valence electrons. The molecule has 3 nitrogen and oxygen atoms in total. The van der Waals surface area contributed by atoms with E-state index in [1.807, 2.05) is 6.92 Å². The van der Waals surface area contributed by atoms with Crippen LogP contribution in [-0.2, 0) is 6.61 Å². The second-order valence-electron chi connectivity index (χ2n) is 5.41. The Labute approximate surface area is 131 Å². The van der Waals surface area contributed by atoms with E-state index in [0.29, 0.717) is 22.3 Å². The van der Waals surface area contributed by atoms with Gasteiger partial charge < -0.3 is 9.15 Å². The summed E-state index contributed by atoms with van der Waals surface area (Å²) < 4.78 is 37.5. The van der Waals surface area contributed by atoms with Gasteiger partial charge in [0.1, 0.15) is 29.6 Å². The molecular weight excluding hydrogens is 302 g/mol. The van der Waals surface area contributed by atoms with Crippen molar-refractivity contribution < 1.29 is 17.9 Å². The first-order chi connectivity index (χ1) is 10.9. The van der Waals surface area contributed by atoms with Crippen LogP contribution in [0.2, 0.25) is 0 Å². The minimum absolute atomic E-state index is 0.0523. The van der Waals surface area contributed by atoms with Crippen LogP contribution in [-0.4, -0.2) is 0 Å². The zero-order valence-electron chi connectivity index (χ0n) is 12.7. The number of fused-ring (bicyclic) bond motifs is 1. The lowest BCUT2D eigenvalue weighted by molar-refractivity contribution is 0.302. The molecule has 0 atom stereocenters. The second kappa shape index (κ2) is 5.83. The van der Waals surface area contributed by atoms with E-state index < -0.39 is 17.3 Å². The maximum atomic E-state index is 13.7. The Morgan fingerprint density at radius 2 is 1.87 bits per heavy atom. The highest BCUT2D eigenvalue weighted by molar-refractivity contribution is 5.87. The Bertz CT molecular complexity index is 945. The summed E-state index contributed by atoms with van der Waals surface area (Å²) in [6, 6.07) is 8.25. The van der Waals surface area contributed by atoms with Gasteiger partial charge in [-0.15, -0.1) is 0 Å². The monoisotopic (exact) mass is 316 g/mol. The maximum absolute atomic E-state index is 13.7. The first kappa shape index (κ1) is 15.2. The van der Waals surface area contributed by atoms with Gasteiger partial charge in [0.25, 0.3) is 0 Å². The Morgan fingerprint density at radius 3 is 2.61 bits per heavy atom. The highest BCUT2D eigenvalue weighted by atomic mass is 19.1. The van der Waals surface area contributed by atoms with Crippen molar-refractivity contribution in [3.05, 3.63) is 75.1 Å². The third kappa shape index (κ3) is 3.08. The zero-order valence-corrected chi connectivity index (χ0v) is 12.7. The lowest BCUT2D eigenvalue weighted by atomic mass is 10.1. The van der Waals surface area contributed by atoms with Gasteiger partial charge >= 0.3 is 5.63 Å². The minimum atomic E-state index is -0.662. The van der Waals surface area contributed by atoms with Crippen molar-refractivity contribution in [2.75, 3.05) is 0 Å². The molecule has 0 saturated carbocycles. The second-order valence-corrected chi connectivity index (χ2v) is 5.41. The normalized spacial score (nSPS) is 11.0. The number of rotatable bonds is 3. The maximum Gasteiger partial charge on any atom is 0.336 e. The van der Waals surface area contributed by atoms with Crippen LogP contribution in [0.15, 0.2) is 45.6 Å². The summed E-state index contributed by atoms with van der Waals surface area (Å²) in [6.07, 6.45) is 0. The van der Waals surface area contributed by atoms with Crippen LogP contribution >= 0.6 is 0 Å². The molecule has 0 amide bonds. The van der Waals surface area contributed by atoms with Crippen molar-refractivity contribution in [2.24, 2.45) is 0 Å². The molecule has 0 radical (unpaired) electrons. The molecule has 0 saturated heterocycles. The fraction of sp³-hybridized carbons (Fsp3) is 0.167. The summed E-state index contributed by atoms with van der Waals surface area (Å²) in [5.41, 5.74) is 1.79. The van der Waals surface area contributed by atoms with E-state index in [1.54, 1.807) is 19.1 Å². The highest BCUT2D eigenvalue weighted by Gasteiger charge is 2.11. The molecule has 2 aromatic carbocycles. The van der Waals surface area contributed by atoms with E-state index in [9.17, 15) is 13.6 Å². The minimum Gasteiger partial charge on any atom is -0.488 e. The van der Waals surface area contributed by atoms with Crippen molar-refractivity contribution in [1.29, 1.82) is 0 Å². The van der Waals surface area contributed by atoms with Crippen LogP contribution in [0.4, 0.5) is 8.78 Å². The Kier molecular flexibility index (Phi) is 3.86.